The largest absolute Gasteiger partial charge is 0.468 e. The monoisotopic (exact) mass is 540 g/mol. The first kappa shape index (κ1) is 30.0. The van der Waals surface area contributed by atoms with Crippen LogP contribution in [0, 0.1) is 11.8 Å². The van der Waals surface area contributed by atoms with Gasteiger partial charge in [-0.15, -0.1) is 11.8 Å². The van der Waals surface area contributed by atoms with Crippen LogP contribution in [0.3, 0.4) is 0 Å². The minimum atomic E-state index is -0.660. The highest BCUT2D eigenvalue weighted by atomic mass is 32.2. The Morgan fingerprint density at radius 2 is 1.74 bits per heavy atom. The molecule has 6 nitrogen and oxygen atoms in total. The minimum absolute atomic E-state index is 0.0409. The molecule has 1 aromatic carbocycles. The molecule has 0 saturated heterocycles. The third-order valence-electron chi connectivity index (χ3n) is 7.16. The van der Waals surface area contributed by atoms with E-state index in [1.54, 1.807) is 6.26 Å². The topological polar surface area (TPSA) is 88.4 Å². The lowest BCUT2D eigenvalue weighted by molar-refractivity contribution is -0.131. The summed E-state index contributed by atoms with van der Waals surface area (Å²) in [5.41, 5.74) is 0.981. The van der Waals surface area contributed by atoms with Crippen molar-refractivity contribution < 1.29 is 18.8 Å². The van der Waals surface area contributed by atoms with Crippen molar-refractivity contribution in [1.29, 1.82) is 0 Å². The van der Waals surface area contributed by atoms with Crippen LogP contribution in [0.4, 0.5) is 0 Å². The van der Waals surface area contributed by atoms with E-state index in [1.807, 2.05) is 56.3 Å². The van der Waals surface area contributed by atoms with Crippen LogP contribution in [-0.2, 0) is 26.6 Å². The van der Waals surface area contributed by atoms with Gasteiger partial charge in [0, 0.05) is 6.42 Å². The van der Waals surface area contributed by atoms with Crippen LogP contribution in [0.25, 0.3) is 0 Å². The lowest BCUT2D eigenvalue weighted by Gasteiger charge is -2.24. The van der Waals surface area contributed by atoms with Crippen molar-refractivity contribution in [3.8, 4) is 0 Å². The molecule has 3 rings (SSSR count). The molecule has 1 aliphatic carbocycles. The normalized spacial score (nSPS) is 15.7. The van der Waals surface area contributed by atoms with E-state index in [1.165, 1.54) is 43.9 Å². The maximum absolute atomic E-state index is 13.4. The molecule has 0 bridgehead atoms. The molecule has 2 atom stereocenters. The molecule has 2 aromatic rings. The van der Waals surface area contributed by atoms with Crippen molar-refractivity contribution in [1.82, 2.24) is 10.6 Å². The van der Waals surface area contributed by atoms with E-state index >= 15 is 0 Å². The van der Waals surface area contributed by atoms with E-state index in [2.05, 4.69) is 10.6 Å². The Balaban J connectivity index is 1.57. The summed E-state index contributed by atoms with van der Waals surface area (Å²) in [6, 6.07) is 12.1. The first-order valence-electron chi connectivity index (χ1n) is 14.2. The average Bonchev–Trinajstić information content (AvgIpc) is 3.42. The lowest BCUT2D eigenvalue weighted by atomic mass is 9.86. The van der Waals surface area contributed by atoms with Crippen LogP contribution in [0.1, 0.15) is 83.0 Å². The second-order valence-electron chi connectivity index (χ2n) is 10.9. The highest BCUT2D eigenvalue weighted by Gasteiger charge is 2.27. The van der Waals surface area contributed by atoms with Gasteiger partial charge in [0.15, 0.2) is 5.78 Å². The number of ketones is 1. The second-order valence-corrected chi connectivity index (χ2v) is 11.9. The van der Waals surface area contributed by atoms with Gasteiger partial charge in [0.1, 0.15) is 11.8 Å². The third-order valence-corrected chi connectivity index (χ3v) is 8.13. The smallest absolute Gasteiger partial charge is 0.243 e. The summed E-state index contributed by atoms with van der Waals surface area (Å²) in [5, 5.41) is 5.96. The van der Waals surface area contributed by atoms with Crippen LogP contribution >= 0.6 is 11.8 Å². The molecule has 7 heteroatoms. The number of amides is 2. The molecule has 1 fully saturated rings. The van der Waals surface area contributed by atoms with Crippen molar-refractivity contribution in [3.05, 3.63) is 60.1 Å². The average molecular weight is 541 g/mol. The fraction of sp³-hybridized carbons (Fsp3) is 0.581. The summed E-state index contributed by atoms with van der Waals surface area (Å²) in [5.74, 6) is 2.22. The molecule has 38 heavy (non-hydrogen) atoms. The van der Waals surface area contributed by atoms with Gasteiger partial charge in [-0.05, 0) is 55.2 Å². The van der Waals surface area contributed by atoms with E-state index in [4.69, 9.17) is 4.42 Å². The number of hydrogen-bond donors (Lipinski definition) is 2. The van der Waals surface area contributed by atoms with Gasteiger partial charge in [-0.25, -0.2) is 0 Å². The summed E-state index contributed by atoms with van der Waals surface area (Å²) in [6.07, 6.45) is 11.4. The predicted molar refractivity (Wildman–Crippen MR) is 154 cm³/mol. The van der Waals surface area contributed by atoms with Gasteiger partial charge < -0.3 is 15.1 Å². The molecule has 1 saturated carbocycles. The van der Waals surface area contributed by atoms with Gasteiger partial charge in [-0.2, -0.15) is 0 Å². The first-order valence-corrected chi connectivity index (χ1v) is 15.3. The number of hydrogen-bond acceptors (Lipinski definition) is 5. The van der Waals surface area contributed by atoms with E-state index < -0.39 is 12.1 Å². The van der Waals surface area contributed by atoms with Crippen molar-refractivity contribution in [2.24, 2.45) is 11.8 Å². The fourth-order valence-electron chi connectivity index (χ4n) is 5.11. The van der Waals surface area contributed by atoms with E-state index in [0.29, 0.717) is 25.0 Å². The van der Waals surface area contributed by atoms with Crippen LogP contribution in [0.5, 0.6) is 0 Å². The summed E-state index contributed by atoms with van der Waals surface area (Å²) < 4.78 is 5.36. The zero-order valence-electron chi connectivity index (χ0n) is 23.0. The van der Waals surface area contributed by atoms with Crippen LogP contribution in [0.2, 0.25) is 0 Å². The first-order chi connectivity index (χ1) is 18.4. The number of nitrogens with one attached hydrogen (secondary N) is 2. The Hall–Kier alpha value is -2.54. The summed E-state index contributed by atoms with van der Waals surface area (Å²) >= 11 is 1.47. The molecule has 0 aliphatic heterocycles. The van der Waals surface area contributed by atoms with Crippen molar-refractivity contribution in [3.63, 3.8) is 0 Å². The third kappa shape index (κ3) is 11.1. The van der Waals surface area contributed by atoms with Gasteiger partial charge in [0.25, 0.3) is 0 Å². The molecule has 1 aromatic heterocycles. The van der Waals surface area contributed by atoms with E-state index in [0.717, 1.165) is 30.1 Å². The highest BCUT2D eigenvalue weighted by molar-refractivity contribution is 7.99. The number of thioether (sulfide) groups is 1. The quantitative estimate of drug-likeness (QED) is 0.269. The molecule has 1 aliphatic rings. The Morgan fingerprint density at radius 3 is 2.42 bits per heavy atom. The molecular formula is C31H44N2O4S. The molecule has 2 unspecified atom stereocenters. The molecule has 0 radical (unpaired) electrons. The van der Waals surface area contributed by atoms with Gasteiger partial charge in [0.05, 0.1) is 23.8 Å². The highest BCUT2D eigenvalue weighted by Crippen LogP contribution is 2.27. The SMILES string of the molecule is CC(C)CC(NC(=O)CCCC1CCCCC1)C(=O)NC(Cc1ccccc1)C(=O)CSCc1ccco1. The maximum atomic E-state index is 13.4. The van der Waals surface area contributed by atoms with Gasteiger partial charge in [-0.1, -0.05) is 76.3 Å². The number of carbonyl (C=O) groups excluding carboxylic acids is 3. The Bertz CT molecular complexity index is 971. The number of benzene rings is 1. The standard InChI is InChI=1S/C31H44N2O4S/c1-23(2)19-28(32-30(35)17-9-15-24-11-5-3-6-12-24)31(36)33-27(20-25-13-7-4-8-14-25)29(34)22-38-21-26-16-10-18-37-26/h4,7-8,10,13-14,16,18,23-24,27-28H,3,5-6,9,11-12,15,17,19-22H2,1-2H3,(H,32,35)(H,33,36). The lowest BCUT2D eigenvalue weighted by Crippen LogP contribution is -2.53. The zero-order valence-corrected chi connectivity index (χ0v) is 23.8. The number of furan rings is 1. The molecule has 2 N–H and O–H groups in total. The molecule has 0 spiro atoms. The fourth-order valence-corrected chi connectivity index (χ4v) is 5.98. The number of Topliss-reactive ketones (excluding diaryl/α,β-unsaturated/α-hetero) is 1. The molecule has 208 valence electrons. The van der Waals surface area contributed by atoms with Crippen LogP contribution in [-0.4, -0.2) is 35.4 Å². The van der Waals surface area contributed by atoms with E-state index in [9.17, 15) is 14.4 Å². The van der Waals surface area contributed by atoms with Gasteiger partial charge >= 0.3 is 0 Å². The summed E-state index contributed by atoms with van der Waals surface area (Å²) in [6.45, 7) is 4.07. The molecule has 2 amide bonds. The molecule has 1 heterocycles. The predicted octanol–water partition coefficient (Wildman–Crippen LogP) is 6.09. The Labute approximate surface area is 232 Å². The van der Waals surface area contributed by atoms with Gasteiger partial charge in [0.2, 0.25) is 11.8 Å². The minimum Gasteiger partial charge on any atom is -0.468 e. The van der Waals surface area contributed by atoms with Crippen molar-refractivity contribution >= 4 is 29.4 Å². The van der Waals surface area contributed by atoms with E-state index in [-0.39, 0.29) is 29.3 Å². The van der Waals surface area contributed by atoms with Crippen molar-refractivity contribution in [2.75, 3.05) is 5.75 Å². The van der Waals surface area contributed by atoms with Crippen molar-refractivity contribution in [2.45, 2.75) is 95.9 Å². The summed E-state index contributed by atoms with van der Waals surface area (Å²) in [4.78, 5) is 39.4. The zero-order chi connectivity index (χ0) is 27.2. The Kier molecular flexibility index (Phi) is 13.0. The summed E-state index contributed by atoms with van der Waals surface area (Å²) in [7, 11) is 0. The maximum Gasteiger partial charge on any atom is 0.243 e. The number of rotatable bonds is 16. The molecular weight excluding hydrogens is 496 g/mol. The second kappa shape index (κ2) is 16.4. The number of carbonyl (C=O) groups is 3. The van der Waals surface area contributed by atoms with Crippen LogP contribution in [0.15, 0.2) is 53.1 Å². The Morgan fingerprint density at radius 1 is 0.974 bits per heavy atom. The van der Waals surface area contributed by atoms with Gasteiger partial charge in [-0.3, -0.25) is 14.4 Å². The van der Waals surface area contributed by atoms with Crippen LogP contribution < -0.4 is 10.6 Å².